The summed E-state index contributed by atoms with van der Waals surface area (Å²) in [5.74, 6) is -1.40. The van der Waals surface area contributed by atoms with E-state index in [1.165, 1.54) is 6.92 Å². The minimum Gasteiger partial charge on any atom is -0.476 e. The second-order valence-corrected chi connectivity index (χ2v) is 5.30. The number of carbonyl (C=O) groups excluding carboxylic acids is 1. The molecule has 0 atom stereocenters. The summed E-state index contributed by atoms with van der Waals surface area (Å²) in [6.45, 7) is 8.24. The third-order valence-electron chi connectivity index (χ3n) is 2.47. The van der Waals surface area contributed by atoms with Crippen molar-refractivity contribution in [2.45, 2.75) is 40.2 Å². The lowest BCUT2D eigenvalue weighted by atomic mass is 10.3. The van der Waals surface area contributed by atoms with Crippen LogP contribution in [0.25, 0.3) is 0 Å². The number of aromatic carboxylic acids is 1. The van der Waals surface area contributed by atoms with E-state index in [1.807, 2.05) is 25.7 Å². The molecule has 0 radical (unpaired) electrons. The van der Waals surface area contributed by atoms with Crippen LogP contribution in [0.15, 0.2) is 0 Å². The van der Waals surface area contributed by atoms with Gasteiger partial charge in [0, 0.05) is 19.5 Å². The minimum absolute atomic E-state index is 0.135. The van der Waals surface area contributed by atoms with Crippen molar-refractivity contribution >= 4 is 28.2 Å². The molecular weight excluding hydrogens is 252 g/mol. The first-order chi connectivity index (χ1) is 8.38. The third-order valence-corrected chi connectivity index (χ3v) is 3.67. The molecule has 0 aliphatic carbocycles. The molecule has 1 heterocycles. The minimum atomic E-state index is -1.15. The Kier molecular flexibility index (Phi) is 4.84. The highest BCUT2D eigenvalue weighted by atomic mass is 32.1. The molecule has 0 fully saturated rings. The third kappa shape index (κ3) is 3.07. The van der Waals surface area contributed by atoms with Crippen LogP contribution in [0.4, 0.5) is 5.13 Å². The van der Waals surface area contributed by atoms with E-state index in [2.05, 4.69) is 4.98 Å². The summed E-state index contributed by atoms with van der Waals surface area (Å²) in [5, 5.41) is 9.66. The smallest absolute Gasteiger partial charge is 0.356 e. The van der Waals surface area contributed by atoms with Gasteiger partial charge in [-0.05, 0) is 20.3 Å². The Morgan fingerprint density at radius 3 is 2.39 bits per heavy atom. The second-order valence-electron chi connectivity index (χ2n) is 4.32. The van der Waals surface area contributed by atoms with Gasteiger partial charge in [-0.3, -0.25) is 4.79 Å². The number of carbonyl (C=O) groups is 2. The van der Waals surface area contributed by atoms with Crippen molar-refractivity contribution in [3.63, 3.8) is 0 Å². The van der Waals surface area contributed by atoms with Gasteiger partial charge in [-0.15, -0.1) is 0 Å². The van der Waals surface area contributed by atoms with Crippen molar-refractivity contribution in [1.82, 2.24) is 4.98 Å². The Morgan fingerprint density at radius 2 is 2.06 bits per heavy atom. The molecule has 0 aromatic carbocycles. The molecule has 1 rings (SSSR count). The van der Waals surface area contributed by atoms with Gasteiger partial charge in [-0.2, -0.15) is 0 Å². The zero-order chi connectivity index (χ0) is 13.9. The van der Waals surface area contributed by atoms with Crippen molar-refractivity contribution < 1.29 is 14.7 Å². The quantitative estimate of drug-likeness (QED) is 0.805. The van der Waals surface area contributed by atoms with Crippen molar-refractivity contribution in [3.8, 4) is 0 Å². The maximum absolute atomic E-state index is 11.4. The average Bonchev–Trinajstić information content (AvgIpc) is 2.70. The maximum Gasteiger partial charge on any atom is 0.356 e. The summed E-state index contributed by atoms with van der Waals surface area (Å²) >= 11 is 1.16. The van der Waals surface area contributed by atoms with Gasteiger partial charge in [0.25, 0.3) is 0 Å². The molecular formula is C12H18N2O3S. The normalized spacial score (nSPS) is 10.7. The predicted octanol–water partition coefficient (Wildman–Crippen LogP) is 2.67. The fraction of sp³-hybridized carbons (Fsp3) is 0.583. The number of ketones is 1. The van der Waals surface area contributed by atoms with E-state index in [0.717, 1.165) is 24.3 Å². The molecule has 1 aromatic rings. The first-order valence-electron chi connectivity index (χ1n) is 5.90. The van der Waals surface area contributed by atoms with E-state index >= 15 is 0 Å². The number of anilines is 1. The van der Waals surface area contributed by atoms with Gasteiger partial charge in [0.2, 0.25) is 0 Å². The lowest BCUT2D eigenvalue weighted by Gasteiger charge is -2.25. The van der Waals surface area contributed by atoms with Crippen LogP contribution in [0.5, 0.6) is 0 Å². The Morgan fingerprint density at radius 1 is 1.44 bits per heavy atom. The predicted molar refractivity (Wildman–Crippen MR) is 71.9 cm³/mol. The van der Waals surface area contributed by atoms with Crippen LogP contribution in [0.2, 0.25) is 0 Å². The largest absolute Gasteiger partial charge is 0.476 e. The number of carboxylic acids is 1. The number of hydrogen-bond donors (Lipinski definition) is 1. The van der Waals surface area contributed by atoms with Crippen LogP contribution in [-0.4, -0.2) is 34.4 Å². The summed E-state index contributed by atoms with van der Waals surface area (Å²) in [7, 11) is 0. The van der Waals surface area contributed by atoms with E-state index in [9.17, 15) is 9.59 Å². The van der Waals surface area contributed by atoms with Gasteiger partial charge in [0.1, 0.15) is 4.88 Å². The topological polar surface area (TPSA) is 70.5 Å². The average molecular weight is 270 g/mol. The number of hydrogen-bond acceptors (Lipinski definition) is 5. The SMILES string of the molecule is CCCN(c1nc(C(=O)O)c(C(C)=O)s1)C(C)C. The second kappa shape index (κ2) is 5.95. The van der Waals surface area contributed by atoms with E-state index in [1.54, 1.807) is 0 Å². The van der Waals surface area contributed by atoms with Crippen molar-refractivity contribution in [2.24, 2.45) is 0 Å². The molecule has 0 bridgehead atoms. The highest BCUT2D eigenvalue weighted by molar-refractivity contribution is 7.17. The standard InChI is InChI=1S/C12H18N2O3S/c1-5-6-14(7(2)3)12-13-9(11(16)17)10(18-12)8(4)15/h7H,5-6H2,1-4H3,(H,16,17). The van der Waals surface area contributed by atoms with Crippen LogP contribution in [0, 0.1) is 0 Å². The number of aromatic nitrogens is 1. The molecule has 100 valence electrons. The van der Waals surface area contributed by atoms with Crippen LogP contribution < -0.4 is 4.90 Å². The van der Waals surface area contributed by atoms with Gasteiger partial charge in [0.05, 0.1) is 0 Å². The highest BCUT2D eigenvalue weighted by Gasteiger charge is 2.23. The van der Waals surface area contributed by atoms with Crippen molar-refractivity contribution in [2.75, 3.05) is 11.4 Å². The monoisotopic (exact) mass is 270 g/mol. The first kappa shape index (κ1) is 14.6. The molecule has 0 saturated carbocycles. The van der Waals surface area contributed by atoms with Gasteiger partial charge in [-0.1, -0.05) is 18.3 Å². The Bertz CT molecular complexity index is 423. The number of Topliss-reactive ketones (excluding diaryl/α,β-unsaturated/α-hetero) is 1. The molecule has 5 nitrogen and oxygen atoms in total. The van der Waals surface area contributed by atoms with Crippen LogP contribution >= 0.6 is 11.3 Å². The molecule has 0 aliphatic heterocycles. The molecule has 0 amide bonds. The van der Waals surface area contributed by atoms with Crippen LogP contribution in [-0.2, 0) is 0 Å². The molecule has 0 spiro atoms. The first-order valence-corrected chi connectivity index (χ1v) is 6.71. The van der Waals surface area contributed by atoms with Crippen molar-refractivity contribution in [1.29, 1.82) is 0 Å². The van der Waals surface area contributed by atoms with Gasteiger partial charge >= 0.3 is 5.97 Å². The molecule has 0 unspecified atom stereocenters. The molecule has 0 aliphatic rings. The molecule has 1 aromatic heterocycles. The van der Waals surface area contributed by atoms with Crippen LogP contribution in [0.1, 0.15) is 54.3 Å². The Labute approximate surface area is 110 Å². The molecule has 6 heteroatoms. The van der Waals surface area contributed by atoms with Gasteiger partial charge in [0.15, 0.2) is 16.6 Å². The lowest BCUT2D eigenvalue weighted by Crippen LogP contribution is -2.31. The highest BCUT2D eigenvalue weighted by Crippen LogP contribution is 2.28. The fourth-order valence-electron chi connectivity index (χ4n) is 1.63. The van der Waals surface area contributed by atoms with Crippen molar-refractivity contribution in [3.05, 3.63) is 10.6 Å². The van der Waals surface area contributed by atoms with E-state index < -0.39 is 5.97 Å². The van der Waals surface area contributed by atoms with E-state index in [-0.39, 0.29) is 22.4 Å². The van der Waals surface area contributed by atoms with Gasteiger partial charge in [-0.25, -0.2) is 9.78 Å². The summed E-state index contributed by atoms with van der Waals surface area (Å²) in [6, 6.07) is 0.220. The Balaban J connectivity index is 3.21. The summed E-state index contributed by atoms with van der Waals surface area (Å²) in [5.41, 5.74) is -0.135. The summed E-state index contributed by atoms with van der Waals surface area (Å²) in [6.07, 6.45) is 0.940. The fourth-order valence-corrected chi connectivity index (χ4v) is 2.74. The molecule has 0 saturated heterocycles. The van der Waals surface area contributed by atoms with Gasteiger partial charge < -0.3 is 10.0 Å². The zero-order valence-electron chi connectivity index (χ0n) is 11.1. The summed E-state index contributed by atoms with van der Waals surface area (Å²) in [4.78, 5) is 28.8. The van der Waals surface area contributed by atoms with E-state index in [0.29, 0.717) is 5.13 Å². The maximum atomic E-state index is 11.4. The zero-order valence-corrected chi connectivity index (χ0v) is 11.9. The number of carboxylic acid groups (broad SMARTS) is 1. The number of thiazole rings is 1. The van der Waals surface area contributed by atoms with Crippen LogP contribution in [0.3, 0.4) is 0 Å². The Hall–Kier alpha value is -1.43. The number of nitrogens with zero attached hydrogens (tertiary/aromatic N) is 2. The lowest BCUT2D eigenvalue weighted by molar-refractivity contribution is 0.0687. The molecule has 18 heavy (non-hydrogen) atoms. The van der Waals surface area contributed by atoms with E-state index in [4.69, 9.17) is 5.11 Å². The summed E-state index contributed by atoms with van der Waals surface area (Å²) < 4.78 is 0. The number of rotatable bonds is 6. The molecule has 1 N–H and O–H groups in total.